The Kier molecular flexibility index (Phi) is 1.78. The van der Waals surface area contributed by atoms with Crippen LogP contribution in [0.4, 0.5) is 5.69 Å². The normalized spacial score (nSPS) is 13.7. The van der Waals surface area contributed by atoms with Gasteiger partial charge in [0.15, 0.2) is 0 Å². The van der Waals surface area contributed by atoms with Crippen LogP contribution in [0.25, 0.3) is 11.3 Å². The first-order chi connectivity index (χ1) is 7.33. The van der Waals surface area contributed by atoms with Crippen molar-refractivity contribution in [3.05, 3.63) is 36.0 Å². The summed E-state index contributed by atoms with van der Waals surface area (Å²) in [5.41, 5.74) is 4.93. The van der Waals surface area contributed by atoms with E-state index in [0.717, 1.165) is 18.7 Å². The molecule has 1 aliphatic rings. The van der Waals surface area contributed by atoms with Crippen LogP contribution < -0.4 is 5.32 Å². The molecule has 2 heterocycles. The number of fused-ring (bicyclic) bond motifs is 1. The second-order valence-corrected chi connectivity index (χ2v) is 3.92. The Hall–Kier alpha value is -1.77. The van der Waals surface area contributed by atoms with Crippen molar-refractivity contribution in [3.63, 3.8) is 0 Å². The van der Waals surface area contributed by atoms with Gasteiger partial charge in [0, 0.05) is 31.0 Å². The number of aromatic nitrogens is 2. The molecule has 0 saturated carbocycles. The quantitative estimate of drug-likeness (QED) is 0.761. The van der Waals surface area contributed by atoms with Crippen molar-refractivity contribution in [2.24, 2.45) is 7.05 Å². The number of aryl methyl sites for hydroxylation is 1. The third-order valence-electron chi connectivity index (χ3n) is 2.82. The van der Waals surface area contributed by atoms with Crippen LogP contribution in [0.2, 0.25) is 0 Å². The summed E-state index contributed by atoms with van der Waals surface area (Å²) in [5.74, 6) is 0. The van der Waals surface area contributed by atoms with E-state index >= 15 is 0 Å². The minimum Gasteiger partial charge on any atom is -0.384 e. The van der Waals surface area contributed by atoms with E-state index in [1.807, 2.05) is 24.0 Å². The molecule has 1 aliphatic heterocycles. The molecule has 0 saturated heterocycles. The molecular weight excluding hydrogens is 186 g/mol. The Morgan fingerprint density at radius 1 is 1.33 bits per heavy atom. The monoisotopic (exact) mass is 199 g/mol. The van der Waals surface area contributed by atoms with Crippen molar-refractivity contribution >= 4 is 5.69 Å². The Balaban J connectivity index is 2.06. The van der Waals surface area contributed by atoms with Crippen LogP contribution >= 0.6 is 0 Å². The summed E-state index contributed by atoms with van der Waals surface area (Å²) in [4.78, 5) is 0. The van der Waals surface area contributed by atoms with E-state index in [1.54, 1.807) is 0 Å². The number of anilines is 1. The molecule has 3 heteroatoms. The molecule has 0 amide bonds. The predicted molar refractivity (Wildman–Crippen MR) is 60.8 cm³/mol. The van der Waals surface area contributed by atoms with E-state index in [4.69, 9.17) is 0 Å². The first kappa shape index (κ1) is 8.53. The molecular formula is C12H13N3. The standard InChI is InChI=1S/C12H13N3/c1-15-7-5-12(14-15)9-2-3-11-10(8-9)4-6-13-11/h2-3,5,7-8,13H,4,6H2,1H3. The molecule has 0 atom stereocenters. The maximum absolute atomic E-state index is 4.40. The van der Waals surface area contributed by atoms with Gasteiger partial charge in [-0.05, 0) is 30.2 Å². The van der Waals surface area contributed by atoms with Crippen LogP contribution in [0.3, 0.4) is 0 Å². The SMILES string of the molecule is Cn1ccc(-c2ccc3c(c2)CCN3)n1. The Morgan fingerprint density at radius 2 is 2.27 bits per heavy atom. The van der Waals surface area contributed by atoms with Crippen molar-refractivity contribution in [1.29, 1.82) is 0 Å². The van der Waals surface area contributed by atoms with E-state index in [2.05, 4.69) is 28.6 Å². The van der Waals surface area contributed by atoms with E-state index in [0.29, 0.717) is 0 Å². The molecule has 0 bridgehead atoms. The summed E-state index contributed by atoms with van der Waals surface area (Å²) >= 11 is 0. The molecule has 1 aromatic heterocycles. The molecule has 2 aromatic rings. The zero-order chi connectivity index (χ0) is 10.3. The van der Waals surface area contributed by atoms with Gasteiger partial charge in [-0.2, -0.15) is 5.10 Å². The number of rotatable bonds is 1. The predicted octanol–water partition coefficient (Wildman–Crippen LogP) is 2.06. The van der Waals surface area contributed by atoms with Gasteiger partial charge >= 0.3 is 0 Å². The van der Waals surface area contributed by atoms with Crippen LogP contribution in [0.5, 0.6) is 0 Å². The fourth-order valence-corrected chi connectivity index (χ4v) is 2.03. The summed E-state index contributed by atoms with van der Waals surface area (Å²) in [6.07, 6.45) is 3.09. The van der Waals surface area contributed by atoms with E-state index in [9.17, 15) is 0 Å². The lowest BCUT2D eigenvalue weighted by Gasteiger charge is -2.01. The van der Waals surface area contributed by atoms with Gasteiger partial charge in [-0.15, -0.1) is 0 Å². The van der Waals surface area contributed by atoms with Gasteiger partial charge in [0.1, 0.15) is 0 Å². The maximum Gasteiger partial charge on any atom is 0.0923 e. The van der Waals surface area contributed by atoms with Crippen molar-refractivity contribution in [2.45, 2.75) is 6.42 Å². The van der Waals surface area contributed by atoms with E-state index in [-0.39, 0.29) is 0 Å². The van der Waals surface area contributed by atoms with Crippen molar-refractivity contribution < 1.29 is 0 Å². The van der Waals surface area contributed by atoms with Crippen molar-refractivity contribution in [1.82, 2.24) is 9.78 Å². The highest BCUT2D eigenvalue weighted by molar-refractivity contribution is 5.67. The van der Waals surface area contributed by atoms with Gasteiger partial charge in [-0.3, -0.25) is 4.68 Å². The zero-order valence-corrected chi connectivity index (χ0v) is 8.70. The summed E-state index contributed by atoms with van der Waals surface area (Å²) < 4.78 is 1.83. The summed E-state index contributed by atoms with van der Waals surface area (Å²) in [6.45, 7) is 1.06. The van der Waals surface area contributed by atoms with Gasteiger partial charge in [0.2, 0.25) is 0 Å². The van der Waals surface area contributed by atoms with Crippen LogP contribution in [0.1, 0.15) is 5.56 Å². The Labute approximate surface area is 88.7 Å². The fraction of sp³-hybridized carbons (Fsp3) is 0.250. The second-order valence-electron chi connectivity index (χ2n) is 3.92. The third kappa shape index (κ3) is 1.40. The number of hydrogen-bond acceptors (Lipinski definition) is 2. The molecule has 0 unspecified atom stereocenters. The summed E-state index contributed by atoms with van der Waals surface area (Å²) in [6, 6.07) is 8.55. The lowest BCUT2D eigenvalue weighted by molar-refractivity contribution is 0.771. The minimum atomic E-state index is 1.05. The second kappa shape index (κ2) is 3.12. The van der Waals surface area contributed by atoms with E-state index in [1.165, 1.54) is 16.8 Å². The molecule has 1 aromatic carbocycles. The molecule has 1 N–H and O–H groups in total. The first-order valence-corrected chi connectivity index (χ1v) is 5.20. The van der Waals surface area contributed by atoms with Crippen molar-refractivity contribution in [3.8, 4) is 11.3 Å². The molecule has 15 heavy (non-hydrogen) atoms. The lowest BCUT2D eigenvalue weighted by atomic mass is 10.1. The Morgan fingerprint density at radius 3 is 3.07 bits per heavy atom. The minimum absolute atomic E-state index is 1.05. The average Bonchev–Trinajstić information content (AvgIpc) is 2.84. The van der Waals surface area contributed by atoms with Gasteiger partial charge in [0.05, 0.1) is 5.69 Å². The number of nitrogens with one attached hydrogen (secondary N) is 1. The van der Waals surface area contributed by atoms with Crippen molar-refractivity contribution in [2.75, 3.05) is 11.9 Å². The van der Waals surface area contributed by atoms with Crippen LogP contribution in [-0.2, 0) is 13.5 Å². The molecule has 0 spiro atoms. The third-order valence-corrected chi connectivity index (χ3v) is 2.82. The topological polar surface area (TPSA) is 29.9 Å². The summed E-state index contributed by atoms with van der Waals surface area (Å²) in [5, 5.41) is 7.76. The van der Waals surface area contributed by atoms with Gasteiger partial charge in [-0.1, -0.05) is 6.07 Å². The van der Waals surface area contributed by atoms with Crippen LogP contribution in [-0.4, -0.2) is 16.3 Å². The number of nitrogens with zero attached hydrogens (tertiary/aromatic N) is 2. The van der Waals surface area contributed by atoms with Gasteiger partial charge in [-0.25, -0.2) is 0 Å². The molecule has 0 fully saturated rings. The van der Waals surface area contributed by atoms with Gasteiger partial charge in [0.25, 0.3) is 0 Å². The highest BCUT2D eigenvalue weighted by Gasteiger charge is 2.11. The van der Waals surface area contributed by atoms with E-state index < -0.39 is 0 Å². The first-order valence-electron chi connectivity index (χ1n) is 5.20. The molecule has 3 nitrogen and oxygen atoms in total. The maximum atomic E-state index is 4.40. The molecule has 3 rings (SSSR count). The highest BCUT2D eigenvalue weighted by Crippen LogP contribution is 2.27. The number of hydrogen-bond donors (Lipinski definition) is 1. The number of benzene rings is 1. The zero-order valence-electron chi connectivity index (χ0n) is 8.70. The lowest BCUT2D eigenvalue weighted by Crippen LogP contribution is -1.90. The highest BCUT2D eigenvalue weighted by atomic mass is 15.2. The Bertz CT molecular complexity index is 499. The van der Waals surface area contributed by atoms with Gasteiger partial charge < -0.3 is 5.32 Å². The largest absolute Gasteiger partial charge is 0.384 e. The van der Waals surface area contributed by atoms with Crippen LogP contribution in [0.15, 0.2) is 30.5 Å². The molecule has 0 aliphatic carbocycles. The average molecular weight is 199 g/mol. The fourth-order valence-electron chi connectivity index (χ4n) is 2.03. The molecule has 76 valence electrons. The molecule has 0 radical (unpaired) electrons. The smallest absolute Gasteiger partial charge is 0.0923 e. The summed E-state index contributed by atoms with van der Waals surface area (Å²) in [7, 11) is 1.94. The van der Waals surface area contributed by atoms with Crippen LogP contribution in [0, 0.1) is 0 Å².